The molecular weight excluding hydrogens is 347 g/mol. The summed E-state index contributed by atoms with van der Waals surface area (Å²) in [6.45, 7) is 5.18. The number of carbonyl (C=O) groups excluding carboxylic acids is 1. The number of aryl methyl sites for hydroxylation is 2. The van der Waals surface area contributed by atoms with Crippen LogP contribution in [0.1, 0.15) is 23.9 Å². The van der Waals surface area contributed by atoms with Crippen molar-refractivity contribution in [1.29, 1.82) is 0 Å². The summed E-state index contributed by atoms with van der Waals surface area (Å²) in [7, 11) is -3.71. The third-order valence-corrected chi connectivity index (χ3v) is 5.46. The Morgan fingerprint density at radius 2 is 1.92 bits per heavy atom. The van der Waals surface area contributed by atoms with E-state index >= 15 is 0 Å². The van der Waals surface area contributed by atoms with Crippen LogP contribution in [-0.2, 0) is 21.4 Å². The lowest BCUT2D eigenvalue weighted by Crippen LogP contribution is -2.37. The van der Waals surface area contributed by atoms with Crippen LogP contribution in [0, 0.1) is 19.7 Å². The van der Waals surface area contributed by atoms with E-state index in [1.165, 1.54) is 24.0 Å². The largest absolute Gasteiger partial charge is 0.337 e. The number of rotatable bonds is 7. The zero-order valence-corrected chi connectivity index (χ0v) is 15.2. The first-order valence-corrected chi connectivity index (χ1v) is 9.20. The van der Waals surface area contributed by atoms with Gasteiger partial charge in [0, 0.05) is 26.6 Å². The van der Waals surface area contributed by atoms with E-state index in [4.69, 9.17) is 0 Å². The van der Waals surface area contributed by atoms with Gasteiger partial charge < -0.3 is 4.90 Å². The molecule has 0 fully saturated rings. The summed E-state index contributed by atoms with van der Waals surface area (Å²) in [6.07, 6.45) is 0. The molecule has 2 rings (SSSR count). The number of H-pyrrole nitrogens is 1. The molecule has 0 aliphatic rings. The Morgan fingerprint density at radius 3 is 2.44 bits per heavy atom. The summed E-state index contributed by atoms with van der Waals surface area (Å²) in [5.41, 5.74) is 1.61. The maximum atomic E-state index is 13.0. The van der Waals surface area contributed by atoms with Crippen molar-refractivity contribution < 1.29 is 17.6 Å². The highest BCUT2D eigenvalue weighted by atomic mass is 32.2. The predicted molar refractivity (Wildman–Crippen MR) is 90.7 cm³/mol. The second kappa shape index (κ2) is 7.75. The van der Waals surface area contributed by atoms with Gasteiger partial charge in [-0.15, -0.1) is 0 Å². The van der Waals surface area contributed by atoms with Gasteiger partial charge in [0.15, 0.2) is 0 Å². The number of amides is 1. The van der Waals surface area contributed by atoms with E-state index in [0.717, 1.165) is 5.56 Å². The second-order valence-electron chi connectivity index (χ2n) is 5.73. The zero-order valence-electron chi connectivity index (χ0n) is 14.3. The molecule has 0 atom stereocenters. The Balaban J connectivity index is 1.99. The van der Waals surface area contributed by atoms with Crippen molar-refractivity contribution in [2.75, 3.05) is 13.1 Å². The fourth-order valence-electron chi connectivity index (χ4n) is 2.48. The van der Waals surface area contributed by atoms with Gasteiger partial charge in [0.1, 0.15) is 10.7 Å². The highest BCUT2D eigenvalue weighted by Gasteiger charge is 2.22. The summed E-state index contributed by atoms with van der Waals surface area (Å²) < 4.78 is 40.2. The Labute approximate surface area is 146 Å². The van der Waals surface area contributed by atoms with E-state index in [2.05, 4.69) is 14.9 Å². The molecule has 1 heterocycles. The van der Waals surface area contributed by atoms with Crippen molar-refractivity contribution in [1.82, 2.24) is 19.8 Å². The molecule has 0 saturated carbocycles. The molecule has 1 aromatic carbocycles. The average molecular weight is 368 g/mol. The van der Waals surface area contributed by atoms with Crippen LogP contribution >= 0.6 is 0 Å². The van der Waals surface area contributed by atoms with E-state index < -0.39 is 10.0 Å². The molecule has 0 spiro atoms. The second-order valence-corrected chi connectivity index (χ2v) is 7.43. The average Bonchev–Trinajstić information content (AvgIpc) is 2.87. The lowest BCUT2D eigenvalue weighted by molar-refractivity contribution is -0.129. The van der Waals surface area contributed by atoms with E-state index in [1.807, 2.05) is 0 Å². The van der Waals surface area contributed by atoms with Gasteiger partial charge in [-0.2, -0.15) is 5.10 Å². The van der Waals surface area contributed by atoms with Gasteiger partial charge in [0.25, 0.3) is 0 Å². The van der Waals surface area contributed by atoms with Crippen LogP contribution in [0.2, 0.25) is 0 Å². The molecule has 0 aliphatic carbocycles. The summed E-state index contributed by atoms with van der Waals surface area (Å²) in [6, 6.07) is 5.82. The van der Waals surface area contributed by atoms with Crippen LogP contribution < -0.4 is 4.72 Å². The first kappa shape index (κ1) is 19.1. The van der Waals surface area contributed by atoms with Gasteiger partial charge in [-0.25, -0.2) is 17.5 Å². The summed E-state index contributed by atoms with van der Waals surface area (Å²) in [5.74, 6) is -0.545. The van der Waals surface area contributed by atoms with E-state index in [1.54, 1.807) is 26.0 Å². The van der Waals surface area contributed by atoms with Crippen molar-refractivity contribution >= 4 is 15.9 Å². The first-order chi connectivity index (χ1) is 11.7. The lowest BCUT2D eigenvalue weighted by atomic mass is 10.2. The van der Waals surface area contributed by atoms with E-state index in [9.17, 15) is 17.6 Å². The normalized spacial score (nSPS) is 11.5. The molecule has 1 aromatic heterocycles. The van der Waals surface area contributed by atoms with Gasteiger partial charge in [-0.3, -0.25) is 9.89 Å². The summed E-state index contributed by atoms with van der Waals surface area (Å²) in [5, 5.41) is 6.51. The molecule has 25 heavy (non-hydrogen) atoms. The highest BCUT2D eigenvalue weighted by molar-refractivity contribution is 7.89. The monoisotopic (exact) mass is 368 g/mol. The number of carbonyl (C=O) groups is 1. The fourth-order valence-corrected chi connectivity index (χ4v) is 3.87. The Kier molecular flexibility index (Phi) is 5.91. The zero-order chi connectivity index (χ0) is 18.6. The number of aromatic amines is 1. The van der Waals surface area contributed by atoms with Crippen LogP contribution in [0.25, 0.3) is 0 Å². The lowest BCUT2D eigenvalue weighted by Gasteiger charge is -2.21. The third-order valence-electron chi connectivity index (χ3n) is 3.74. The molecule has 0 aliphatic heterocycles. The fraction of sp³-hybridized carbons (Fsp3) is 0.375. The van der Waals surface area contributed by atoms with Crippen LogP contribution in [0.3, 0.4) is 0 Å². The van der Waals surface area contributed by atoms with Crippen LogP contribution in [-0.4, -0.2) is 42.5 Å². The SMILES string of the molecule is CC(=O)N(CCNS(=O)(=O)c1c(C)n[nH]c1C)Cc1ccc(F)cc1. The van der Waals surface area contributed by atoms with E-state index in [-0.39, 0.29) is 36.3 Å². The molecule has 136 valence electrons. The molecule has 0 unspecified atom stereocenters. The Hall–Kier alpha value is -2.26. The van der Waals surface area contributed by atoms with Gasteiger partial charge in [0.05, 0.1) is 11.4 Å². The molecule has 0 bridgehead atoms. The van der Waals surface area contributed by atoms with E-state index in [0.29, 0.717) is 11.4 Å². The van der Waals surface area contributed by atoms with Gasteiger partial charge >= 0.3 is 0 Å². The number of halogens is 1. The molecule has 0 saturated heterocycles. The molecular formula is C16H21FN4O3S. The number of aromatic nitrogens is 2. The minimum Gasteiger partial charge on any atom is -0.337 e. The summed E-state index contributed by atoms with van der Waals surface area (Å²) >= 11 is 0. The molecule has 2 N–H and O–H groups in total. The number of hydrogen-bond acceptors (Lipinski definition) is 4. The minimum absolute atomic E-state index is 0.0627. The van der Waals surface area contributed by atoms with Crippen molar-refractivity contribution in [3.63, 3.8) is 0 Å². The number of nitrogens with zero attached hydrogens (tertiary/aromatic N) is 2. The highest BCUT2D eigenvalue weighted by Crippen LogP contribution is 2.16. The Morgan fingerprint density at radius 1 is 1.28 bits per heavy atom. The standard InChI is InChI=1S/C16H21FN4O3S/c1-11-16(12(2)20-19-11)25(23,24)18-8-9-21(13(3)22)10-14-4-6-15(17)7-5-14/h4-7,18H,8-10H2,1-3H3,(H,19,20). The molecule has 9 heteroatoms. The van der Waals surface area contributed by atoms with Gasteiger partial charge in [0.2, 0.25) is 15.9 Å². The van der Waals surface area contributed by atoms with Crippen LogP contribution in [0.15, 0.2) is 29.2 Å². The van der Waals surface area contributed by atoms with Crippen molar-refractivity contribution in [3.8, 4) is 0 Å². The van der Waals surface area contributed by atoms with Gasteiger partial charge in [-0.1, -0.05) is 12.1 Å². The number of sulfonamides is 1. The minimum atomic E-state index is -3.71. The molecule has 0 radical (unpaired) electrons. The number of benzene rings is 1. The molecule has 7 nitrogen and oxygen atoms in total. The predicted octanol–water partition coefficient (Wildman–Crippen LogP) is 1.49. The molecule has 2 aromatic rings. The van der Waals surface area contributed by atoms with Crippen molar-refractivity contribution in [2.24, 2.45) is 0 Å². The quantitative estimate of drug-likeness (QED) is 0.774. The van der Waals surface area contributed by atoms with Gasteiger partial charge in [-0.05, 0) is 31.5 Å². The maximum Gasteiger partial charge on any atom is 0.244 e. The van der Waals surface area contributed by atoms with Crippen LogP contribution in [0.4, 0.5) is 4.39 Å². The third kappa shape index (κ3) is 4.86. The Bertz CT molecular complexity index is 827. The number of nitrogens with one attached hydrogen (secondary N) is 2. The maximum absolute atomic E-state index is 13.0. The van der Waals surface area contributed by atoms with Crippen molar-refractivity contribution in [3.05, 3.63) is 47.0 Å². The summed E-state index contributed by atoms with van der Waals surface area (Å²) in [4.78, 5) is 13.4. The number of hydrogen-bond donors (Lipinski definition) is 2. The topological polar surface area (TPSA) is 95.2 Å². The first-order valence-electron chi connectivity index (χ1n) is 7.72. The smallest absolute Gasteiger partial charge is 0.244 e. The van der Waals surface area contributed by atoms with Crippen molar-refractivity contribution in [2.45, 2.75) is 32.2 Å². The van der Waals surface area contributed by atoms with Crippen LogP contribution in [0.5, 0.6) is 0 Å². The molecule has 1 amide bonds.